The zero-order valence-electron chi connectivity index (χ0n) is 17.7. The second kappa shape index (κ2) is 11.0. The SMILES string of the molecule is O=C(Nc1ccc(C2=CCNCC2)cc1)c1cc(C2=CCNCC2)co1.O=C(O)C(F)(F)F. The lowest BCUT2D eigenvalue weighted by molar-refractivity contribution is -0.192. The number of alkyl halides is 3. The van der Waals surface area contributed by atoms with E-state index in [0.29, 0.717) is 5.76 Å². The molecule has 2 aliphatic rings. The Kier molecular flexibility index (Phi) is 8.07. The Balaban J connectivity index is 0.000000383. The summed E-state index contributed by atoms with van der Waals surface area (Å²) in [5.41, 5.74) is 5.55. The van der Waals surface area contributed by atoms with Gasteiger partial charge in [-0.3, -0.25) is 4.79 Å². The minimum Gasteiger partial charge on any atom is -0.475 e. The van der Waals surface area contributed by atoms with Crippen molar-refractivity contribution in [1.29, 1.82) is 0 Å². The Morgan fingerprint density at radius 1 is 0.939 bits per heavy atom. The molecule has 33 heavy (non-hydrogen) atoms. The molecule has 0 unspecified atom stereocenters. The van der Waals surface area contributed by atoms with Gasteiger partial charge in [0.2, 0.25) is 0 Å². The number of hydrogen-bond donors (Lipinski definition) is 4. The van der Waals surface area contributed by atoms with Gasteiger partial charge in [0.15, 0.2) is 5.76 Å². The van der Waals surface area contributed by atoms with Crippen molar-refractivity contribution >= 4 is 28.7 Å². The van der Waals surface area contributed by atoms with Crippen LogP contribution in [0.3, 0.4) is 0 Å². The average Bonchev–Trinajstić information content (AvgIpc) is 3.31. The summed E-state index contributed by atoms with van der Waals surface area (Å²) in [7, 11) is 0. The fourth-order valence-electron chi connectivity index (χ4n) is 3.35. The molecule has 7 nitrogen and oxygen atoms in total. The molecule has 0 saturated carbocycles. The van der Waals surface area contributed by atoms with Crippen LogP contribution in [0.15, 0.2) is 53.2 Å². The molecule has 0 saturated heterocycles. The van der Waals surface area contributed by atoms with Crippen LogP contribution in [0.2, 0.25) is 0 Å². The number of amides is 1. The van der Waals surface area contributed by atoms with Gasteiger partial charge >= 0.3 is 12.1 Å². The van der Waals surface area contributed by atoms with Gasteiger partial charge in [0.05, 0.1) is 6.26 Å². The summed E-state index contributed by atoms with van der Waals surface area (Å²) in [6.45, 7) is 3.75. The number of anilines is 1. The summed E-state index contributed by atoms with van der Waals surface area (Å²) < 4.78 is 37.2. The van der Waals surface area contributed by atoms with Gasteiger partial charge in [-0.15, -0.1) is 0 Å². The first-order chi connectivity index (χ1) is 15.7. The van der Waals surface area contributed by atoms with E-state index in [1.165, 1.54) is 16.7 Å². The molecule has 3 heterocycles. The van der Waals surface area contributed by atoms with E-state index in [2.05, 4.69) is 40.2 Å². The number of benzene rings is 1. The molecular formula is C23H24F3N3O4. The lowest BCUT2D eigenvalue weighted by atomic mass is 10.00. The summed E-state index contributed by atoms with van der Waals surface area (Å²) >= 11 is 0. The van der Waals surface area contributed by atoms with Gasteiger partial charge in [-0.2, -0.15) is 13.2 Å². The van der Waals surface area contributed by atoms with E-state index < -0.39 is 12.1 Å². The number of aliphatic carboxylic acids is 1. The van der Waals surface area contributed by atoms with Crippen LogP contribution in [0.25, 0.3) is 11.1 Å². The Morgan fingerprint density at radius 2 is 1.48 bits per heavy atom. The van der Waals surface area contributed by atoms with Crippen molar-refractivity contribution < 1.29 is 32.3 Å². The number of carboxylic acids is 1. The standard InChI is InChI=1S/C21H23N3O2.C2HF3O2/c25-21(20-13-18(14-26-20)17-7-11-23-12-8-17)24-19-3-1-15(2-4-19)16-5-9-22-10-6-16;3-2(4,5)1(6)7/h1-5,7,13-14,22-23H,6,8-12H2,(H,24,25);(H,6,7). The van der Waals surface area contributed by atoms with Crippen molar-refractivity contribution in [2.45, 2.75) is 19.0 Å². The van der Waals surface area contributed by atoms with Gasteiger partial charge in [-0.05, 0) is 60.8 Å². The second-order valence-corrected chi connectivity index (χ2v) is 7.40. The number of nitrogens with one attached hydrogen (secondary N) is 3. The molecular weight excluding hydrogens is 439 g/mol. The summed E-state index contributed by atoms with van der Waals surface area (Å²) in [6.07, 6.45) is 2.93. The number of carboxylic acid groups (broad SMARTS) is 1. The molecule has 0 aliphatic carbocycles. The number of carbonyl (C=O) groups is 2. The molecule has 4 rings (SSSR count). The predicted octanol–water partition coefficient (Wildman–Crippen LogP) is 3.92. The monoisotopic (exact) mass is 463 g/mol. The van der Waals surface area contributed by atoms with Crippen LogP contribution in [0.1, 0.15) is 34.5 Å². The van der Waals surface area contributed by atoms with Gasteiger partial charge in [0.25, 0.3) is 5.91 Å². The first-order valence-electron chi connectivity index (χ1n) is 10.3. The average molecular weight is 463 g/mol. The maximum atomic E-state index is 12.4. The predicted molar refractivity (Wildman–Crippen MR) is 118 cm³/mol. The Morgan fingerprint density at radius 3 is 1.97 bits per heavy atom. The Hall–Kier alpha value is -3.37. The maximum absolute atomic E-state index is 12.4. The fraction of sp³-hybridized carbons (Fsp3) is 0.304. The van der Waals surface area contributed by atoms with Crippen molar-refractivity contribution in [3.63, 3.8) is 0 Å². The fourth-order valence-corrected chi connectivity index (χ4v) is 3.35. The number of rotatable bonds is 4. The van der Waals surface area contributed by atoms with Crippen LogP contribution in [0.5, 0.6) is 0 Å². The molecule has 10 heteroatoms. The Bertz CT molecular complexity index is 1040. The zero-order valence-corrected chi connectivity index (χ0v) is 17.7. The van der Waals surface area contributed by atoms with Crippen LogP contribution in [-0.4, -0.2) is 49.3 Å². The molecule has 0 bridgehead atoms. The van der Waals surface area contributed by atoms with E-state index in [9.17, 15) is 18.0 Å². The van der Waals surface area contributed by atoms with Crippen molar-refractivity contribution in [1.82, 2.24) is 10.6 Å². The van der Waals surface area contributed by atoms with Crippen LogP contribution in [0, 0.1) is 0 Å². The minimum atomic E-state index is -5.08. The maximum Gasteiger partial charge on any atom is 0.490 e. The third kappa shape index (κ3) is 7.06. The van der Waals surface area contributed by atoms with Crippen LogP contribution in [-0.2, 0) is 4.79 Å². The molecule has 1 aromatic carbocycles. The smallest absolute Gasteiger partial charge is 0.475 e. The molecule has 176 valence electrons. The van der Waals surface area contributed by atoms with Gasteiger partial charge in [-0.25, -0.2) is 4.79 Å². The Labute approximate surface area is 188 Å². The number of carbonyl (C=O) groups excluding carboxylic acids is 1. The summed E-state index contributed by atoms with van der Waals surface area (Å²) in [5, 5.41) is 16.6. The first kappa shape index (κ1) is 24.3. The molecule has 4 N–H and O–H groups in total. The molecule has 2 aliphatic heterocycles. The third-order valence-electron chi connectivity index (χ3n) is 5.08. The van der Waals surface area contributed by atoms with Gasteiger partial charge in [-0.1, -0.05) is 24.3 Å². The normalized spacial score (nSPS) is 16.1. The first-order valence-corrected chi connectivity index (χ1v) is 10.3. The minimum absolute atomic E-state index is 0.223. The molecule has 0 spiro atoms. The van der Waals surface area contributed by atoms with E-state index in [0.717, 1.165) is 50.3 Å². The van der Waals surface area contributed by atoms with Crippen LogP contribution >= 0.6 is 0 Å². The van der Waals surface area contributed by atoms with Crippen molar-refractivity contribution in [3.8, 4) is 0 Å². The van der Waals surface area contributed by atoms with Crippen molar-refractivity contribution in [3.05, 3.63) is 65.6 Å². The molecule has 2 aromatic rings. The highest BCUT2D eigenvalue weighted by Gasteiger charge is 2.38. The molecule has 0 fully saturated rings. The topological polar surface area (TPSA) is 104 Å². The highest BCUT2D eigenvalue weighted by Crippen LogP contribution is 2.24. The summed E-state index contributed by atoms with van der Waals surface area (Å²) in [4.78, 5) is 21.3. The summed E-state index contributed by atoms with van der Waals surface area (Å²) in [5.74, 6) is -2.64. The van der Waals surface area contributed by atoms with Crippen molar-refractivity contribution in [2.75, 3.05) is 31.5 Å². The lowest BCUT2D eigenvalue weighted by Gasteiger charge is -2.14. The van der Waals surface area contributed by atoms with E-state index in [1.54, 1.807) is 6.26 Å². The largest absolute Gasteiger partial charge is 0.490 e. The van der Waals surface area contributed by atoms with E-state index in [4.69, 9.17) is 14.3 Å². The van der Waals surface area contributed by atoms with Crippen LogP contribution in [0.4, 0.5) is 18.9 Å². The van der Waals surface area contributed by atoms with E-state index >= 15 is 0 Å². The van der Waals surface area contributed by atoms with Gasteiger partial charge in [0.1, 0.15) is 0 Å². The molecule has 0 radical (unpaired) electrons. The van der Waals surface area contributed by atoms with E-state index in [1.807, 2.05) is 18.2 Å². The molecule has 1 aromatic heterocycles. The van der Waals surface area contributed by atoms with E-state index in [-0.39, 0.29) is 5.91 Å². The number of furan rings is 1. The zero-order chi connectivity index (χ0) is 23.8. The number of halogens is 3. The van der Waals surface area contributed by atoms with Crippen LogP contribution < -0.4 is 16.0 Å². The van der Waals surface area contributed by atoms with Crippen molar-refractivity contribution in [2.24, 2.45) is 0 Å². The van der Waals surface area contributed by atoms with Gasteiger partial charge < -0.3 is 25.5 Å². The quantitative estimate of drug-likeness (QED) is 0.548. The van der Waals surface area contributed by atoms with Gasteiger partial charge in [0, 0.05) is 24.3 Å². The highest BCUT2D eigenvalue weighted by atomic mass is 19.4. The second-order valence-electron chi connectivity index (χ2n) is 7.40. The third-order valence-corrected chi connectivity index (χ3v) is 5.08. The summed E-state index contributed by atoms with van der Waals surface area (Å²) in [6, 6.07) is 9.81. The highest BCUT2D eigenvalue weighted by molar-refractivity contribution is 6.02. The number of hydrogen-bond acceptors (Lipinski definition) is 5. The molecule has 1 amide bonds. The lowest BCUT2D eigenvalue weighted by Crippen LogP contribution is -2.21. The molecule has 0 atom stereocenters.